The molecule has 20 heavy (non-hydrogen) atoms. The predicted octanol–water partition coefficient (Wildman–Crippen LogP) is 1.19. The minimum absolute atomic E-state index is 0.0952. The van der Waals surface area contributed by atoms with Crippen LogP contribution in [0.5, 0.6) is 0 Å². The highest BCUT2D eigenvalue weighted by atomic mass is 16.2. The molecule has 2 unspecified atom stereocenters. The van der Waals surface area contributed by atoms with Gasteiger partial charge in [0.05, 0.1) is 0 Å². The second-order valence-electron chi connectivity index (χ2n) is 5.44. The molecule has 3 rings (SSSR count). The molecule has 0 radical (unpaired) electrons. The number of piperazine rings is 1. The van der Waals surface area contributed by atoms with Gasteiger partial charge in [-0.25, -0.2) is 0 Å². The number of hydrogen-bond donors (Lipinski definition) is 0. The van der Waals surface area contributed by atoms with Crippen LogP contribution in [0.4, 0.5) is 0 Å². The van der Waals surface area contributed by atoms with Crippen LogP contribution in [0.1, 0.15) is 31.7 Å². The van der Waals surface area contributed by atoms with Crippen LogP contribution in [0, 0.1) is 0 Å². The van der Waals surface area contributed by atoms with Gasteiger partial charge in [0, 0.05) is 25.5 Å². The van der Waals surface area contributed by atoms with Crippen LogP contribution in [0.3, 0.4) is 0 Å². The van der Waals surface area contributed by atoms with Gasteiger partial charge in [0.2, 0.25) is 11.8 Å². The first-order chi connectivity index (χ1) is 9.72. The third kappa shape index (κ3) is 2.07. The van der Waals surface area contributed by atoms with E-state index in [9.17, 15) is 9.59 Å². The molecule has 5 heteroatoms. The van der Waals surface area contributed by atoms with E-state index in [0.29, 0.717) is 13.0 Å². The van der Waals surface area contributed by atoms with Gasteiger partial charge in [-0.3, -0.25) is 14.6 Å². The summed E-state index contributed by atoms with van der Waals surface area (Å²) in [5.41, 5.74) is 0.971. The van der Waals surface area contributed by atoms with Gasteiger partial charge in [-0.15, -0.1) is 0 Å². The third-order valence-electron chi connectivity index (χ3n) is 4.23. The van der Waals surface area contributed by atoms with Gasteiger partial charge < -0.3 is 9.80 Å². The number of nitrogens with zero attached hydrogens (tertiary/aromatic N) is 3. The molecular weight excluding hydrogens is 254 g/mol. The van der Waals surface area contributed by atoms with Crippen molar-refractivity contribution in [2.24, 2.45) is 0 Å². The Hall–Kier alpha value is -1.91. The van der Waals surface area contributed by atoms with Gasteiger partial charge in [-0.05, 0) is 30.9 Å². The van der Waals surface area contributed by atoms with E-state index < -0.39 is 0 Å². The first-order valence-electron chi connectivity index (χ1n) is 7.22. The number of pyridine rings is 1. The second-order valence-corrected chi connectivity index (χ2v) is 5.44. The van der Waals surface area contributed by atoms with Gasteiger partial charge in [0.1, 0.15) is 12.1 Å². The molecule has 1 aromatic rings. The summed E-state index contributed by atoms with van der Waals surface area (Å²) in [6, 6.07) is 3.24. The summed E-state index contributed by atoms with van der Waals surface area (Å²) in [4.78, 5) is 32.7. The lowest BCUT2D eigenvalue weighted by Gasteiger charge is -2.42. The second kappa shape index (κ2) is 5.23. The van der Waals surface area contributed by atoms with Crippen molar-refractivity contribution in [1.82, 2.24) is 14.8 Å². The van der Waals surface area contributed by atoms with Gasteiger partial charge in [-0.1, -0.05) is 13.0 Å². The summed E-state index contributed by atoms with van der Waals surface area (Å²) in [6.45, 7) is 3.16. The smallest absolute Gasteiger partial charge is 0.246 e. The van der Waals surface area contributed by atoms with Crippen LogP contribution in [0.2, 0.25) is 0 Å². The molecule has 2 aliphatic heterocycles. The van der Waals surface area contributed by atoms with Crippen molar-refractivity contribution in [3.8, 4) is 0 Å². The van der Waals surface area contributed by atoms with Crippen LogP contribution in [-0.4, -0.2) is 45.2 Å². The molecule has 0 aromatic carbocycles. The van der Waals surface area contributed by atoms with Crippen molar-refractivity contribution in [3.63, 3.8) is 0 Å². The topological polar surface area (TPSA) is 53.5 Å². The SMILES string of the molecule is CCC1C(=O)N2CCCC2C(=O)N1Cc1cccnc1. The lowest BCUT2D eigenvalue weighted by atomic mass is 10.0. The Morgan fingerprint density at radius 1 is 1.35 bits per heavy atom. The lowest BCUT2D eigenvalue weighted by Crippen LogP contribution is -2.62. The molecule has 0 N–H and O–H groups in total. The molecule has 0 aliphatic carbocycles. The Kier molecular flexibility index (Phi) is 3.42. The summed E-state index contributed by atoms with van der Waals surface area (Å²) in [6.07, 6.45) is 5.85. The summed E-state index contributed by atoms with van der Waals surface area (Å²) in [5, 5.41) is 0. The molecule has 2 fully saturated rings. The molecule has 0 spiro atoms. The van der Waals surface area contributed by atoms with Crippen LogP contribution >= 0.6 is 0 Å². The highest BCUT2D eigenvalue weighted by Gasteiger charge is 2.46. The number of carbonyl (C=O) groups excluding carboxylic acids is 2. The largest absolute Gasteiger partial charge is 0.329 e. The number of amides is 2. The highest BCUT2D eigenvalue weighted by molar-refractivity contribution is 5.97. The molecule has 1 aromatic heterocycles. The Bertz CT molecular complexity index is 517. The first-order valence-corrected chi connectivity index (χ1v) is 7.22. The fourth-order valence-electron chi connectivity index (χ4n) is 3.23. The molecule has 0 bridgehead atoms. The molecule has 2 amide bonds. The quantitative estimate of drug-likeness (QED) is 0.831. The standard InChI is InChI=1S/C15H19N3O2/c1-2-12-14(19)17-8-4-6-13(17)15(20)18(12)10-11-5-3-7-16-9-11/h3,5,7,9,12-13H,2,4,6,8,10H2,1H3. The van der Waals surface area contributed by atoms with Crippen molar-refractivity contribution in [2.75, 3.05) is 6.54 Å². The fourth-order valence-corrected chi connectivity index (χ4v) is 3.23. The van der Waals surface area contributed by atoms with Gasteiger partial charge in [0.15, 0.2) is 0 Å². The van der Waals surface area contributed by atoms with Gasteiger partial charge in [-0.2, -0.15) is 0 Å². The number of fused-ring (bicyclic) bond motifs is 1. The van der Waals surface area contributed by atoms with Crippen molar-refractivity contribution >= 4 is 11.8 Å². The Morgan fingerprint density at radius 2 is 2.20 bits per heavy atom. The third-order valence-corrected chi connectivity index (χ3v) is 4.23. The van der Waals surface area contributed by atoms with Crippen molar-refractivity contribution in [3.05, 3.63) is 30.1 Å². The van der Waals surface area contributed by atoms with E-state index in [1.54, 1.807) is 22.2 Å². The zero-order valence-corrected chi connectivity index (χ0v) is 11.7. The number of rotatable bonds is 3. The van der Waals surface area contributed by atoms with Crippen molar-refractivity contribution in [2.45, 2.75) is 44.8 Å². The van der Waals surface area contributed by atoms with E-state index >= 15 is 0 Å². The zero-order valence-electron chi connectivity index (χ0n) is 11.7. The summed E-state index contributed by atoms with van der Waals surface area (Å²) in [7, 11) is 0. The normalized spacial score (nSPS) is 26.1. The Labute approximate surface area is 118 Å². The summed E-state index contributed by atoms with van der Waals surface area (Å²) < 4.78 is 0. The van der Waals surface area contributed by atoms with E-state index in [4.69, 9.17) is 0 Å². The molecule has 2 atom stereocenters. The number of hydrogen-bond acceptors (Lipinski definition) is 3. The van der Waals surface area contributed by atoms with Gasteiger partial charge >= 0.3 is 0 Å². The molecule has 2 aliphatic rings. The van der Waals surface area contributed by atoms with Crippen LogP contribution < -0.4 is 0 Å². The lowest BCUT2D eigenvalue weighted by molar-refractivity contribution is -0.160. The summed E-state index contributed by atoms with van der Waals surface area (Å²) in [5.74, 6) is 0.205. The van der Waals surface area contributed by atoms with Crippen LogP contribution in [-0.2, 0) is 16.1 Å². The average molecular weight is 273 g/mol. The number of carbonyl (C=O) groups is 2. The van der Waals surface area contributed by atoms with Gasteiger partial charge in [0.25, 0.3) is 0 Å². The molecule has 5 nitrogen and oxygen atoms in total. The summed E-state index contributed by atoms with van der Waals surface area (Å²) >= 11 is 0. The maximum atomic E-state index is 12.6. The minimum Gasteiger partial charge on any atom is -0.329 e. The van der Waals surface area contributed by atoms with E-state index in [-0.39, 0.29) is 23.9 Å². The zero-order chi connectivity index (χ0) is 14.1. The molecule has 3 heterocycles. The average Bonchev–Trinajstić information content (AvgIpc) is 2.96. The molecule has 2 saturated heterocycles. The maximum Gasteiger partial charge on any atom is 0.246 e. The van der Waals surface area contributed by atoms with E-state index in [0.717, 1.165) is 24.9 Å². The molecule has 0 saturated carbocycles. The maximum absolute atomic E-state index is 12.6. The highest BCUT2D eigenvalue weighted by Crippen LogP contribution is 2.29. The monoisotopic (exact) mass is 273 g/mol. The Balaban J connectivity index is 1.87. The first kappa shape index (κ1) is 13.1. The Morgan fingerprint density at radius 3 is 2.90 bits per heavy atom. The minimum atomic E-state index is -0.322. The molecule has 106 valence electrons. The van der Waals surface area contributed by atoms with E-state index in [1.165, 1.54) is 0 Å². The van der Waals surface area contributed by atoms with Crippen molar-refractivity contribution in [1.29, 1.82) is 0 Å². The predicted molar refractivity (Wildman–Crippen MR) is 73.6 cm³/mol. The fraction of sp³-hybridized carbons (Fsp3) is 0.533. The van der Waals surface area contributed by atoms with E-state index in [1.807, 2.05) is 19.1 Å². The molecular formula is C15H19N3O2. The van der Waals surface area contributed by atoms with E-state index in [2.05, 4.69) is 4.98 Å². The van der Waals surface area contributed by atoms with Crippen molar-refractivity contribution < 1.29 is 9.59 Å². The van der Waals surface area contributed by atoms with Crippen LogP contribution in [0.25, 0.3) is 0 Å². The van der Waals surface area contributed by atoms with Crippen LogP contribution in [0.15, 0.2) is 24.5 Å². The number of aromatic nitrogens is 1.